The van der Waals surface area contributed by atoms with Crippen LogP contribution in [0.3, 0.4) is 0 Å². The van der Waals surface area contributed by atoms with E-state index in [0.717, 1.165) is 6.42 Å². The first-order valence-electron chi connectivity index (χ1n) is 11.3. The Morgan fingerprint density at radius 1 is 1.03 bits per heavy atom. The van der Waals surface area contributed by atoms with E-state index in [9.17, 15) is 14.4 Å². The van der Waals surface area contributed by atoms with Crippen molar-refractivity contribution in [1.82, 2.24) is 0 Å². The number of hydrogen-bond acceptors (Lipinski definition) is 5. The minimum absolute atomic E-state index is 0.00152. The number of anilines is 1. The zero-order valence-electron chi connectivity index (χ0n) is 18.1. The lowest BCUT2D eigenvalue weighted by atomic mass is 9.67. The summed E-state index contributed by atoms with van der Waals surface area (Å²) in [6, 6.07) is 18.2. The van der Waals surface area contributed by atoms with E-state index >= 15 is 0 Å². The number of para-hydroxylation sites is 1. The number of esters is 1. The Balaban J connectivity index is 1.70. The molecule has 2 aliphatic carbocycles. The van der Waals surface area contributed by atoms with Gasteiger partial charge in [0.15, 0.2) is 5.54 Å². The van der Waals surface area contributed by atoms with E-state index in [1.54, 1.807) is 31.2 Å². The van der Waals surface area contributed by atoms with Gasteiger partial charge in [-0.1, -0.05) is 60.7 Å². The topological polar surface area (TPSA) is 72.9 Å². The lowest BCUT2D eigenvalue weighted by Gasteiger charge is -2.48. The Bertz CT molecular complexity index is 1220. The highest BCUT2D eigenvalue weighted by molar-refractivity contribution is 6.54. The normalized spacial score (nSPS) is 31.5. The highest BCUT2D eigenvalue weighted by Gasteiger charge is 2.73. The maximum absolute atomic E-state index is 14.0. The van der Waals surface area contributed by atoms with Crippen LogP contribution in [0.15, 0.2) is 78.4 Å². The lowest BCUT2D eigenvalue weighted by Crippen LogP contribution is -2.64. The number of hydrogen-bond donors (Lipinski definition) is 0. The molecule has 2 aromatic rings. The first kappa shape index (κ1) is 20.0. The van der Waals surface area contributed by atoms with Gasteiger partial charge in [0.05, 0.1) is 12.2 Å². The molecule has 166 valence electrons. The SMILES string of the molecule is CCOC(=O)[C@]12C(=C(c3ccccc3)O[C@@H]3[C@H]1[C@@H]1C=C[C@H]3C1)C(=O)C(=O)N2c1ccccc1. The predicted octanol–water partition coefficient (Wildman–Crippen LogP) is 3.54. The molecule has 2 bridgehead atoms. The fourth-order valence-electron chi connectivity index (χ4n) is 6.20. The Morgan fingerprint density at radius 2 is 1.70 bits per heavy atom. The summed E-state index contributed by atoms with van der Waals surface area (Å²) in [5.74, 6) is -2.01. The summed E-state index contributed by atoms with van der Waals surface area (Å²) >= 11 is 0. The van der Waals surface area contributed by atoms with Gasteiger partial charge in [0.2, 0.25) is 0 Å². The van der Waals surface area contributed by atoms with Crippen LogP contribution >= 0.6 is 0 Å². The van der Waals surface area contributed by atoms with Gasteiger partial charge in [-0.05, 0) is 31.4 Å². The summed E-state index contributed by atoms with van der Waals surface area (Å²) in [6.07, 6.45) is 4.70. The number of Topliss-reactive ketones (excluding diaryl/α,β-unsaturated/α-hetero) is 1. The zero-order valence-corrected chi connectivity index (χ0v) is 18.1. The smallest absolute Gasteiger partial charge is 0.337 e. The molecule has 2 aromatic carbocycles. The number of amides is 1. The quantitative estimate of drug-likeness (QED) is 0.412. The van der Waals surface area contributed by atoms with Crippen molar-refractivity contribution in [3.05, 3.63) is 84.0 Å². The highest BCUT2D eigenvalue weighted by Crippen LogP contribution is 2.61. The summed E-state index contributed by atoms with van der Waals surface area (Å²) in [5.41, 5.74) is -0.312. The molecule has 6 heteroatoms. The molecule has 0 unspecified atom stereocenters. The first-order chi connectivity index (χ1) is 16.1. The van der Waals surface area contributed by atoms with Crippen molar-refractivity contribution < 1.29 is 23.9 Å². The van der Waals surface area contributed by atoms with E-state index in [1.165, 1.54) is 4.90 Å². The van der Waals surface area contributed by atoms with Crippen LogP contribution in [0, 0.1) is 17.8 Å². The molecule has 0 spiro atoms. The Hall–Kier alpha value is -3.67. The third-order valence-corrected chi connectivity index (χ3v) is 7.35. The maximum Gasteiger partial charge on any atom is 0.337 e. The van der Waals surface area contributed by atoms with Crippen LogP contribution in [-0.4, -0.2) is 35.9 Å². The van der Waals surface area contributed by atoms with Gasteiger partial charge in [0.25, 0.3) is 5.78 Å². The average Bonchev–Trinajstić information content (AvgIpc) is 3.52. The molecule has 2 aliphatic heterocycles. The average molecular weight is 441 g/mol. The standard InChI is InChI=1S/C27H23NO5/c1-2-32-26(31)27-20-17-13-14-18(15-17)24(20)33-23(16-9-5-3-6-10-16)21(27)22(29)25(30)28(27)19-11-7-4-8-12-19/h3-14,17-18,20,24H,2,15H2,1H3/t17-,18+,20-,24+,27-/m1/s1. The van der Waals surface area contributed by atoms with Crippen LogP contribution in [0.25, 0.3) is 5.76 Å². The summed E-state index contributed by atoms with van der Waals surface area (Å²) < 4.78 is 12.2. The van der Waals surface area contributed by atoms with Crippen LogP contribution in [0.1, 0.15) is 18.9 Å². The van der Waals surface area contributed by atoms with Crippen molar-refractivity contribution in [1.29, 1.82) is 0 Å². The van der Waals surface area contributed by atoms with Gasteiger partial charge in [0.1, 0.15) is 11.9 Å². The monoisotopic (exact) mass is 441 g/mol. The number of nitrogens with zero attached hydrogens (tertiary/aromatic N) is 1. The number of fused-ring (bicyclic) bond motifs is 7. The van der Waals surface area contributed by atoms with Crippen molar-refractivity contribution in [2.75, 3.05) is 11.5 Å². The van der Waals surface area contributed by atoms with Crippen molar-refractivity contribution in [2.24, 2.45) is 17.8 Å². The van der Waals surface area contributed by atoms with Crippen molar-refractivity contribution in [3.63, 3.8) is 0 Å². The fourth-order valence-corrected chi connectivity index (χ4v) is 6.20. The highest BCUT2D eigenvalue weighted by atomic mass is 16.5. The molecule has 0 N–H and O–H groups in total. The van der Waals surface area contributed by atoms with E-state index < -0.39 is 29.1 Å². The molecule has 0 radical (unpaired) electrons. The van der Waals surface area contributed by atoms with E-state index in [-0.39, 0.29) is 30.1 Å². The van der Waals surface area contributed by atoms with Crippen LogP contribution in [0.2, 0.25) is 0 Å². The molecule has 2 heterocycles. The van der Waals surface area contributed by atoms with E-state index in [4.69, 9.17) is 9.47 Å². The summed E-state index contributed by atoms with van der Waals surface area (Å²) in [5, 5.41) is 0. The van der Waals surface area contributed by atoms with Gasteiger partial charge >= 0.3 is 11.9 Å². The van der Waals surface area contributed by atoms with Crippen LogP contribution in [-0.2, 0) is 23.9 Å². The van der Waals surface area contributed by atoms with E-state index in [2.05, 4.69) is 12.2 Å². The summed E-state index contributed by atoms with van der Waals surface area (Å²) in [6.45, 7) is 1.88. The molecule has 33 heavy (non-hydrogen) atoms. The molecule has 4 aliphatic rings. The molecule has 1 amide bonds. The Labute approximate surface area is 191 Å². The number of ether oxygens (including phenoxy) is 2. The number of rotatable bonds is 4. The van der Waals surface area contributed by atoms with Crippen molar-refractivity contribution >= 4 is 29.1 Å². The van der Waals surface area contributed by atoms with Gasteiger partial charge in [0, 0.05) is 23.1 Å². The van der Waals surface area contributed by atoms with Crippen molar-refractivity contribution in [3.8, 4) is 0 Å². The second-order valence-corrected chi connectivity index (χ2v) is 8.92. The van der Waals surface area contributed by atoms with Crippen LogP contribution in [0.4, 0.5) is 5.69 Å². The number of carbonyl (C=O) groups excluding carboxylic acids is 3. The maximum atomic E-state index is 14.0. The largest absolute Gasteiger partial charge is 0.488 e. The second kappa shape index (κ2) is 7.17. The van der Waals surface area contributed by atoms with Gasteiger partial charge in [-0.25, -0.2) is 4.79 Å². The molecule has 2 fully saturated rings. The molecule has 6 rings (SSSR count). The fraction of sp³-hybridized carbons (Fsp3) is 0.296. The Morgan fingerprint density at radius 3 is 2.39 bits per heavy atom. The van der Waals surface area contributed by atoms with Gasteiger partial charge in [-0.3, -0.25) is 14.5 Å². The molecular weight excluding hydrogens is 418 g/mol. The molecule has 1 saturated carbocycles. The molecule has 5 atom stereocenters. The second-order valence-electron chi connectivity index (χ2n) is 8.92. The molecule has 6 nitrogen and oxygen atoms in total. The van der Waals surface area contributed by atoms with Gasteiger partial charge < -0.3 is 9.47 Å². The van der Waals surface area contributed by atoms with Crippen LogP contribution < -0.4 is 4.90 Å². The predicted molar refractivity (Wildman–Crippen MR) is 121 cm³/mol. The summed E-state index contributed by atoms with van der Waals surface area (Å²) in [7, 11) is 0. The van der Waals surface area contributed by atoms with Crippen molar-refractivity contribution in [2.45, 2.75) is 25.0 Å². The van der Waals surface area contributed by atoms with E-state index in [0.29, 0.717) is 17.0 Å². The Kier molecular flexibility index (Phi) is 4.34. The van der Waals surface area contributed by atoms with Gasteiger partial charge in [-0.15, -0.1) is 0 Å². The number of benzene rings is 2. The zero-order chi connectivity index (χ0) is 22.7. The van der Waals surface area contributed by atoms with Gasteiger partial charge in [-0.2, -0.15) is 0 Å². The minimum Gasteiger partial charge on any atom is -0.488 e. The minimum atomic E-state index is -1.58. The molecular formula is C27H23NO5. The lowest BCUT2D eigenvalue weighted by molar-refractivity contribution is -0.153. The molecule has 0 aromatic heterocycles. The number of carbonyl (C=O) groups is 3. The number of allylic oxidation sites excluding steroid dienone is 1. The van der Waals surface area contributed by atoms with E-state index in [1.807, 2.05) is 36.4 Å². The summed E-state index contributed by atoms with van der Waals surface area (Å²) in [4.78, 5) is 42.7. The third-order valence-electron chi connectivity index (χ3n) is 7.35. The first-order valence-corrected chi connectivity index (χ1v) is 11.3. The number of ketones is 1. The third kappa shape index (κ3) is 2.52. The van der Waals surface area contributed by atoms with Crippen LogP contribution in [0.5, 0.6) is 0 Å². The molecule has 1 saturated heterocycles.